The van der Waals surface area contributed by atoms with Crippen LogP contribution < -0.4 is 0 Å². The number of nitrogens with zero attached hydrogens (tertiary/aromatic N) is 1. The Kier molecular flexibility index (Phi) is 5.01. The van der Waals surface area contributed by atoms with Crippen LogP contribution in [0.3, 0.4) is 0 Å². The molecule has 17 heavy (non-hydrogen) atoms. The second kappa shape index (κ2) is 6.53. The maximum absolute atomic E-state index is 8.84. The van der Waals surface area contributed by atoms with E-state index in [2.05, 4.69) is 45.1 Å². The van der Waals surface area contributed by atoms with Gasteiger partial charge in [-0.2, -0.15) is 0 Å². The maximum atomic E-state index is 8.84. The van der Waals surface area contributed by atoms with Gasteiger partial charge in [-0.1, -0.05) is 34.1 Å². The molecule has 94 valence electrons. The van der Waals surface area contributed by atoms with Gasteiger partial charge in [0.2, 0.25) is 0 Å². The second-order valence-corrected chi connectivity index (χ2v) is 5.58. The Bertz CT molecular complexity index is 352. The zero-order valence-electron chi connectivity index (χ0n) is 10.1. The summed E-state index contributed by atoms with van der Waals surface area (Å²) in [6, 6.07) is 9.22. The van der Waals surface area contributed by atoms with Crippen LogP contribution in [0.5, 0.6) is 0 Å². The molecule has 0 bridgehead atoms. The molecule has 3 heteroatoms. The minimum atomic E-state index is 0.313. The van der Waals surface area contributed by atoms with Gasteiger partial charge < -0.3 is 5.11 Å². The minimum absolute atomic E-state index is 0.313. The molecular formula is C14H20BrNO. The predicted molar refractivity (Wildman–Crippen MR) is 73.9 cm³/mol. The van der Waals surface area contributed by atoms with Crippen LogP contribution in [0.15, 0.2) is 28.7 Å². The molecule has 1 N–H and O–H groups in total. The smallest absolute Gasteiger partial charge is 0.0431 e. The molecule has 1 aromatic rings. The van der Waals surface area contributed by atoms with Gasteiger partial charge in [0.1, 0.15) is 0 Å². The van der Waals surface area contributed by atoms with E-state index in [1.54, 1.807) is 0 Å². The highest BCUT2D eigenvalue weighted by atomic mass is 79.9. The summed E-state index contributed by atoms with van der Waals surface area (Å²) < 4.78 is 1.20. The quantitative estimate of drug-likeness (QED) is 0.782. The Labute approximate surface area is 112 Å². The van der Waals surface area contributed by atoms with Crippen LogP contribution in [0, 0.1) is 0 Å². The Hall–Kier alpha value is -0.380. The van der Waals surface area contributed by atoms with E-state index in [1.807, 2.05) is 0 Å². The van der Waals surface area contributed by atoms with E-state index in [9.17, 15) is 0 Å². The molecule has 0 amide bonds. The maximum Gasteiger partial charge on any atom is 0.0431 e. The first-order valence-corrected chi connectivity index (χ1v) is 7.19. The molecule has 1 aliphatic carbocycles. The number of aliphatic hydroxyl groups excluding tert-OH is 1. The molecule has 0 radical (unpaired) electrons. The molecule has 0 aromatic heterocycles. The highest BCUT2D eigenvalue weighted by Crippen LogP contribution is 2.29. The van der Waals surface area contributed by atoms with Crippen molar-refractivity contribution >= 4 is 15.9 Å². The standard InChI is InChI=1S/C14H20BrNO/c15-14-6-2-1-5-12(14)11-16(13-7-8-13)9-3-4-10-17/h1-2,5-6,13,17H,3-4,7-11H2. The van der Waals surface area contributed by atoms with Gasteiger partial charge in [0, 0.05) is 23.7 Å². The lowest BCUT2D eigenvalue weighted by molar-refractivity contribution is 0.228. The van der Waals surface area contributed by atoms with Gasteiger partial charge in [-0.05, 0) is 43.9 Å². The summed E-state index contributed by atoms with van der Waals surface area (Å²) in [5.74, 6) is 0. The first-order valence-electron chi connectivity index (χ1n) is 6.39. The number of halogens is 1. The number of aliphatic hydroxyl groups is 1. The number of unbranched alkanes of at least 4 members (excludes halogenated alkanes) is 1. The van der Waals surface area contributed by atoms with Gasteiger partial charge >= 0.3 is 0 Å². The molecule has 2 rings (SSSR count). The summed E-state index contributed by atoms with van der Waals surface area (Å²) in [6.45, 7) is 2.44. The summed E-state index contributed by atoms with van der Waals surface area (Å²) in [5, 5.41) is 8.84. The lowest BCUT2D eigenvalue weighted by Crippen LogP contribution is -2.27. The molecule has 0 aliphatic heterocycles. The van der Waals surface area contributed by atoms with Crippen LogP contribution in [0.25, 0.3) is 0 Å². The third-order valence-corrected chi connectivity index (χ3v) is 4.02. The van der Waals surface area contributed by atoms with Crippen molar-refractivity contribution in [1.82, 2.24) is 4.90 Å². The van der Waals surface area contributed by atoms with Crippen molar-refractivity contribution in [1.29, 1.82) is 0 Å². The van der Waals surface area contributed by atoms with Crippen molar-refractivity contribution in [2.75, 3.05) is 13.2 Å². The van der Waals surface area contributed by atoms with Gasteiger partial charge in [0.25, 0.3) is 0 Å². The average Bonchev–Trinajstić information content (AvgIpc) is 3.15. The molecule has 0 atom stereocenters. The second-order valence-electron chi connectivity index (χ2n) is 4.72. The lowest BCUT2D eigenvalue weighted by Gasteiger charge is -2.22. The highest BCUT2D eigenvalue weighted by molar-refractivity contribution is 9.10. The summed E-state index contributed by atoms with van der Waals surface area (Å²) in [7, 11) is 0. The van der Waals surface area contributed by atoms with Gasteiger partial charge in [0.15, 0.2) is 0 Å². The molecule has 1 aliphatic rings. The summed E-state index contributed by atoms with van der Waals surface area (Å²) in [4.78, 5) is 2.55. The van der Waals surface area contributed by atoms with Crippen molar-refractivity contribution < 1.29 is 5.11 Å². The number of hydrogen-bond acceptors (Lipinski definition) is 2. The first kappa shape index (κ1) is 13.1. The minimum Gasteiger partial charge on any atom is -0.396 e. The van der Waals surface area contributed by atoms with Crippen molar-refractivity contribution in [2.45, 2.75) is 38.3 Å². The third kappa shape index (κ3) is 4.09. The number of hydrogen-bond donors (Lipinski definition) is 1. The van der Waals surface area contributed by atoms with Crippen molar-refractivity contribution in [3.8, 4) is 0 Å². The number of rotatable bonds is 7. The predicted octanol–water partition coefficient (Wildman–Crippen LogP) is 3.19. The average molecular weight is 298 g/mol. The molecule has 1 aromatic carbocycles. The van der Waals surface area contributed by atoms with Gasteiger partial charge in [-0.3, -0.25) is 4.90 Å². The molecule has 1 saturated carbocycles. The van der Waals surface area contributed by atoms with Gasteiger partial charge in [0.05, 0.1) is 0 Å². The molecule has 0 heterocycles. The Morgan fingerprint density at radius 3 is 2.65 bits per heavy atom. The topological polar surface area (TPSA) is 23.5 Å². The van der Waals surface area contributed by atoms with Crippen LogP contribution in [-0.4, -0.2) is 29.2 Å². The normalized spacial score (nSPS) is 15.5. The van der Waals surface area contributed by atoms with Crippen LogP contribution in [0.1, 0.15) is 31.2 Å². The third-order valence-electron chi connectivity index (χ3n) is 3.25. The van der Waals surface area contributed by atoms with Crippen molar-refractivity contribution in [3.05, 3.63) is 34.3 Å². The summed E-state index contributed by atoms with van der Waals surface area (Å²) in [6.07, 6.45) is 4.68. The molecule has 0 unspecified atom stereocenters. The summed E-state index contributed by atoms with van der Waals surface area (Å²) >= 11 is 3.61. The highest BCUT2D eigenvalue weighted by Gasteiger charge is 2.28. The van der Waals surface area contributed by atoms with E-state index in [1.165, 1.54) is 22.9 Å². The molecular weight excluding hydrogens is 278 g/mol. The monoisotopic (exact) mass is 297 g/mol. The van der Waals surface area contributed by atoms with E-state index < -0.39 is 0 Å². The van der Waals surface area contributed by atoms with Crippen LogP contribution in [0.4, 0.5) is 0 Å². The fourth-order valence-corrected chi connectivity index (χ4v) is 2.51. The lowest BCUT2D eigenvalue weighted by atomic mass is 10.2. The van der Waals surface area contributed by atoms with Crippen molar-refractivity contribution in [2.24, 2.45) is 0 Å². The molecule has 1 fully saturated rings. The molecule has 0 saturated heterocycles. The molecule has 0 spiro atoms. The Balaban J connectivity index is 1.91. The van der Waals surface area contributed by atoms with Crippen LogP contribution in [0.2, 0.25) is 0 Å². The molecule has 2 nitrogen and oxygen atoms in total. The zero-order valence-corrected chi connectivity index (χ0v) is 11.7. The zero-order chi connectivity index (χ0) is 12.1. The Morgan fingerprint density at radius 1 is 1.24 bits per heavy atom. The van der Waals surface area contributed by atoms with E-state index in [0.29, 0.717) is 6.61 Å². The first-order chi connectivity index (χ1) is 8.31. The van der Waals surface area contributed by atoms with Gasteiger partial charge in [-0.25, -0.2) is 0 Å². The fourth-order valence-electron chi connectivity index (χ4n) is 2.10. The van der Waals surface area contributed by atoms with Crippen LogP contribution in [-0.2, 0) is 6.54 Å². The Morgan fingerprint density at radius 2 is 2.00 bits per heavy atom. The van der Waals surface area contributed by atoms with E-state index in [4.69, 9.17) is 5.11 Å². The number of benzene rings is 1. The SMILES string of the molecule is OCCCCN(Cc1ccccc1Br)C1CC1. The fraction of sp³-hybridized carbons (Fsp3) is 0.571. The van der Waals surface area contributed by atoms with Crippen molar-refractivity contribution in [3.63, 3.8) is 0 Å². The largest absolute Gasteiger partial charge is 0.396 e. The summed E-state index contributed by atoms with van der Waals surface area (Å²) in [5.41, 5.74) is 1.36. The van der Waals surface area contributed by atoms with E-state index in [-0.39, 0.29) is 0 Å². The van der Waals surface area contributed by atoms with Crippen LogP contribution >= 0.6 is 15.9 Å². The van der Waals surface area contributed by atoms with Gasteiger partial charge in [-0.15, -0.1) is 0 Å². The van der Waals surface area contributed by atoms with E-state index >= 15 is 0 Å². The van der Waals surface area contributed by atoms with E-state index in [0.717, 1.165) is 32.0 Å².